The second-order valence-corrected chi connectivity index (χ2v) is 3.03. The fourth-order valence-corrected chi connectivity index (χ4v) is 1.05. The molecular weight excluding hydrogens is 178 g/mol. The van der Waals surface area contributed by atoms with Crippen molar-refractivity contribution in [2.24, 2.45) is 0 Å². The topological polar surface area (TPSA) is 57.8 Å². The van der Waals surface area contributed by atoms with Crippen LogP contribution >= 0.6 is 0 Å². The lowest BCUT2D eigenvalue weighted by Crippen LogP contribution is -2.13. The second-order valence-electron chi connectivity index (χ2n) is 3.03. The largest absolute Gasteiger partial charge is 0.356 e. The molecule has 0 fully saturated rings. The van der Waals surface area contributed by atoms with E-state index < -0.39 is 0 Å². The average molecular weight is 193 g/mol. The van der Waals surface area contributed by atoms with Gasteiger partial charge in [0.05, 0.1) is 12.0 Å². The molecule has 0 aliphatic carbocycles. The molecule has 1 rings (SSSR count). The van der Waals surface area contributed by atoms with Gasteiger partial charge in [0.2, 0.25) is 0 Å². The number of hydrogen-bond acceptors (Lipinski definition) is 3. The molecule has 0 radical (unpaired) electrons. The van der Waals surface area contributed by atoms with E-state index in [1.807, 2.05) is 6.08 Å². The summed E-state index contributed by atoms with van der Waals surface area (Å²) in [6, 6.07) is 0. The van der Waals surface area contributed by atoms with Crippen LogP contribution in [0.25, 0.3) is 0 Å². The zero-order chi connectivity index (χ0) is 10.4. The molecule has 0 bridgehead atoms. The van der Waals surface area contributed by atoms with Crippen molar-refractivity contribution in [1.29, 1.82) is 0 Å². The Hall–Kier alpha value is -1.58. The number of nitrogens with one attached hydrogen (secondary N) is 2. The zero-order valence-electron chi connectivity index (χ0n) is 8.50. The van der Waals surface area contributed by atoms with Gasteiger partial charge in [0.15, 0.2) is 0 Å². The molecule has 0 aliphatic heterocycles. The minimum absolute atomic E-state index is 0.140. The number of nitrogens with zero attached hydrogens (tertiary/aromatic N) is 1. The molecule has 2 N–H and O–H groups in total. The Bertz CT molecular complexity index is 368. The predicted octanol–water partition coefficient (Wildman–Crippen LogP) is 1.80. The minimum Gasteiger partial charge on any atom is -0.356 e. The van der Waals surface area contributed by atoms with Gasteiger partial charge in [-0.05, 0) is 19.5 Å². The third-order valence-electron chi connectivity index (χ3n) is 1.84. The summed E-state index contributed by atoms with van der Waals surface area (Å²) in [5.74, 6) is 0. The fraction of sp³-hybridized carbons (Fsp3) is 0.400. The van der Waals surface area contributed by atoms with E-state index in [9.17, 15) is 4.79 Å². The molecule has 0 aliphatic rings. The molecule has 0 unspecified atom stereocenters. The number of aromatic nitrogens is 2. The van der Waals surface area contributed by atoms with Gasteiger partial charge < -0.3 is 10.3 Å². The van der Waals surface area contributed by atoms with Gasteiger partial charge in [0.25, 0.3) is 5.56 Å². The molecule has 0 saturated carbocycles. The molecule has 14 heavy (non-hydrogen) atoms. The lowest BCUT2D eigenvalue weighted by molar-refractivity contribution is 0.957. The number of H-pyrrole nitrogens is 1. The molecule has 0 spiro atoms. The molecule has 0 atom stereocenters. The highest BCUT2D eigenvalue weighted by atomic mass is 16.1. The Morgan fingerprint density at radius 2 is 2.43 bits per heavy atom. The highest BCUT2D eigenvalue weighted by Gasteiger charge is 2.00. The summed E-state index contributed by atoms with van der Waals surface area (Å²) in [4.78, 5) is 17.8. The van der Waals surface area contributed by atoms with Gasteiger partial charge in [-0.25, -0.2) is 4.98 Å². The van der Waals surface area contributed by atoms with Gasteiger partial charge in [-0.15, -0.1) is 0 Å². The van der Waals surface area contributed by atoms with Crippen LogP contribution < -0.4 is 10.9 Å². The van der Waals surface area contributed by atoms with Crippen molar-refractivity contribution in [3.63, 3.8) is 0 Å². The first-order valence-corrected chi connectivity index (χ1v) is 4.71. The van der Waals surface area contributed by atoms with E-state index in [4.69, 9.17) is 0 Å². The lowest BCUT2D eigenvalue weighted by atomic mass is 10.3. The van der Waals surface area contributed by atoms with E-state index in [1.165, 1.54) is 6.33 Å². The highest BCUT2D eigenvalue weighted by molar-refractivity contribution is 5.46. The van der Waals surface area contributed by atoms with Crippen molar-refractivity contribution >= 4 is 5.69 Å². The van der Waals surface area contributed by atoms with Gasteiger partial charge in [-0.2, -0.15) is 0 Å². The van der Waals surface area contributed by atoms with E-state index in [1.54, 1.807) is 13.1 Å². The molecule has 0 aromatic carbocycles. The zero-order valence-corrected chi connectivity index (χ0v) is 8.50. The number of rotatable bonds is 4. The molecule has 1 aromatic rings. The van der Waals surface area contributed by atoms with Crippen LogP contribution in [-0.2, 0) is 0 Å². The van der Waals surface area contributed by atoms with Crippen LogP contribution in [0.4, 0.5) is 5.69 Å². The van der Waals surface area contributed by atoms with Crippen LogP contribution in [0, 0.1) is 6.92 Å². The predicted molar refractivity (Wildman–Crippen MR) is 57.3 cm³/mol. The lowest BCUT2D eigenvalue weighted by Gasteiger charge is -2.01. The molecule has 4 heteroatoms. The summed E-state index contributed by atoms with van der Waals surface area (Å²) in [5.41, 5.74) is 1.08. The highest BCUT2D eigenvalue weighted by Crippen LogP contribution is 2.02. The Kier molecular flexibility index (Phi) is 3.91. The maximum absolute atomic E-state index is 11.3. The molecule has 1 aromatic heterocycles. The smallest absolute Gasteiger partial charge is 0.274 e. The first kappa shape index (κ1) is 10.5. The quantitative estimate of drug-likeness (QED) is 0.766. The summed E-state index contributed by atoms with van der Waals surface area (Å²) in [6.07, 6.45) is 7.28. The van der Waals surface area contributed by atoms with Crippen molar-refractivity contribution in [1.82, 2.24) is 9.97 Å². The summed E-state index contributed by atoms with van der Waals surface area (Å²) in [6.45, 7) is 3.90. The Morgan fingerprint density at radius 1 is 1.64 bits per heavy atom. The average Bonchev–Trinajstić information content (AvgIpc) is 2.16. The van der Waals surface area contributed by atoms with Crippen molar-refractivity contribution in [3.05, 3.63) is 34.7 Å². The molecule has 4 nitrogen and oxygen atoms in total. The van der Waals surface area contributed by atoms with Crippen LogP contribution in [-0.4, -0.2) is 9.97 Å². The molecule has 1 heterocycles. The van der Waals surface area contributed by atoms with E-state index in [-0.39, 0.29) is 5.56 Å². The molecule has 0 saturated heterocycles. The molecule has 0 amide bonds. The van der Waals surface area contributed by atoms with Gasteiger partial charge in [0, 0.05) is 0 Å². The van der Waals surface area contributed by atoms with Crippen molar-refractivity contribution in [3.8, 4) is 0 Å². The normalized spacial score (nSPS) is 10.7. The minimum atomic E-state index is -0.140. The van der Waals surface area contributed by atoms with Gasteiger partial charge in [-0.1, -0.05) is 19.4 Å². The fourth-order valence-electron chi connectivity index (χ4n) is 1.05. The maximum atomic E-state index is 11.3. The van der Waals surface area contributed by atoms with Crippen LogP contribution in [0.3, 0.4) is 0 Å². The van der Waals surface area contributed by atoms with Crippen LogP contribution in [0.15, 0.2) is 23.4 Å². The summed E-state index contributed by atoms with van der Waals surface area (Å²) >= 11 is 0. The summed E-state index contributed by atoms with van der Waals surface area (Å²) < 4.78 is 0. The van der Waals surface area contributed by atoms with Crippen LogP contribution in [0.5, 0.6) is 0 Å². The number of hydrogen-bond donors (Lipinski definition) is 2. The molecular formula is C10H15N3O. The Labute approximate surface area is 83.1 Å². The van der Waals surface area contributed by atoms with Crippen molar-refractivity contribution in [2.45, 2.75) is 26.7 Å². The van der Waals surface area contributed by atoms with Gasteiger partial charge >= 0.3 is 0 Å². The number of anilines is 1. The number of unbranched alkanes of at least 4 members (excludes halogenated alkanes) is 1. The third-order valence-corrected chi connectivity index (χ3v) is 1.84. The first-order chi connectivity index (χ1) is 6.75. The van der Waals surface area contributed by atoms with Gasteiger partial charge in [0.1, 0.15) is 5.69 Å². The number of aromatic amines is 1. The van der Waals surface area contributed by atoms with Crippen molar-refractivity contribution < 1.29 is 0 Å². The van der Waals surface area contributed by atoms with E-state index in [0.29, 0.717) is 11.4 Å². The summed E-state index contributed by atoms with van der Waals surface area (Å²) in [7, 11) is 0. The maximum Gasteiger partial charge on any atom is 0.274 e. The Balaban J connectivity index is 2.71. The molecule has 76 valence electrons. The first-order valence-electron chi connectivity index (χ1n) is 4.71. The van der Waals surface area contributed by atoms with E-state index in [2.05, 4.69) is 22.2 Å². The summed E-state index contributed by atoms with van der Waals surface area (Å²) in [5, 5.41) is 2.93. The third kappa shape index (κ3) is 2.73. The standard InChI is InChI=1S/C10H15N3O/c1-3-4-5-6-11-9-8(2)12-7-13-10(9)14/h5-7,11H,3-4H2,1-2H3,(H,12,13,14)/b6-5+. The monoisotopic (exact) mass is 193 g/mol. The second kappa shape index (κ2) is 5.21. The SMILES string of the molecule is CCC/C=C/Nc1c(C)nc[nH]c1=O. The van der Waals surface area contributed by atoms with Crippen LogP contribution in [0.1, 0.15) is 25.5 Å². The van der Waals surface area contributed by atoms with E-state index in [0.717, 1.165) is 12.8 Å². The number of aryl methyl sites for hydroxylation is 1. The van der Waals surface area contributed by atoms with Crippen molar-refractivity contribution in [2.75, 3.05) is 5.32 Å². The van der Waals surface area contributed by atoms with E-state index >= 15 is 0 Å². The Morgan fingerprint density at radius 3 is 3.07 bits per heavy atom. The van der Waals surface area contributed by atoms with Crippen LogP contribution in [0.2, 0.25) is 0 Å². The van der Waals surface area contributed by atoms with Gasteiger partial charge in [-0.3, -0.25) is 4.79 Å². The number of allylic oxidation sites excluding steroid dienone is 1.